The molecule has 4 heteroatoms. The minimum atomic E-state index is -0.119. The summed E-state index contributed by atoms with van der Waals surface area (Å²) in [5.74, 6) is -0.0887. The zero-order valence-electron chi connectivity index (χ0n) is 17.0. The number of hydrogen-bond acceptors (Lipinski definition) is 3. The first-order valence-corrected chi connectivity index (χ1v) is 9.53. The second-order valence-corrected chi connectivity index (χ2v) is 7.97. The first kappa shape index (κ1) is 18.2. The van der Waals surface area contributed by atoms with Crippen molar-refractivity contribution in [2.75, 3.05) is 17.0 Å². The molecule has 2 aliphatic rings. The summed E-state index contributed by atoms with van der Waals surface area (Å²) in [6, 6.07) is 16.3. The Morgan fingerprint density at radius 2 is 1.64 bits per heavy atom. The molecule has 0 unspecified atom stereocenters. The molecule has 0 aromatic heterocycles. The molecule has 0 bridgehead atoms. The maximum Gasteiger partial charge on any atom is 0.280 e. The van der Waals surface area contributed by atoms with E-state index in [2.05, 4.69) is 61.2 Å². The van der Waals surface area contributed by atoms with E-state index in [1.807, 2.05) is 44.2 Å². The Balaban J connectivity index is 1.68. The SMILES string of the molecule is CC1=NN(c2ccc(C)cc2)C(=O)/C1=C/C=C1\N(C)c2ccccc2C1(C)C. The van der Waals surface area contributed by atoms with Crippen molar-refractivity contribution in [2.45, 2.75) is 33.1 Å². The van der Waals surface area contributed by atoms with E-state index in [1.54, 1.807) is 0 Å². The molecule has 2 aromatic carbocycles. The molecule has 0 aliphatic carbocycles. The number of fused-ring (bicyclic) bond motifs is 1. The highest BCUT2D eigenvalue weighted by Gasteiger charge is 2.38. The number of para-hydroxylation sites is 1. The minimum absolute atomic E-state index is 0.0887. The monoisotopic (exact) mass is 371 g/mol. The fourth-order valence-corrected chi connectivity index (χ4v) is 4.04. The highest BCUT2D eigenvalue weighted by molar-refractivity contribution is 6.29. The highest BCUT2D eigenvalue weighted by atomic mass is 16.2. The van der Waals surface area contributed by atoms with Crippen molar-refractivity contribution in [1.82, 2.24) is 0 Å². The molecule has 0 spiro atoms. The molecular formula is C24H25N3O. The molecule has 2 heterocycles. The van der Waals surface area contributed by atoms with Crippen LogP contribution in [0.5, 0.6) is 0 Å². The van der Waals surface area contributed by atoms with E-state index in [0.29, 0.717) is 5.57 Å². The third-order valence-corrected chi connectivity index (χ3v) is 5.69. The van der Waals surface area contributed by atoms with Gasteiger partial charge in [0.2, 0.25) is 0 Å². The van der Waals surface area contributed by atoms with Gasteiger partial charge in [-0.15, -0.1) is 0 Å². The number of likely N-dealkylation sites (N-methyl/N-ethyl adjacent to an activating group) is 1. The molecule has 0 saturated heterocycles. The molecule has 2 aromatic rings. The Labute approximate surface area is 166 Å². The lowest BCUT2D eigenvalue weighted by atomic mass is 9.83. The van der Waals surface area contributed by atoms with Crippen LogP contribution in [-0.2, 0) is 10.2 Å². The van der Waals surface area contributed by atoms with E-state index >= 15 is 0 Å². The van der Waals surface area contributed by atoms with Gasteiger partial charge in [-0.2, -0.15) is 10.1 Å². The van der Waals surface area contributed by atoms with Crippen LogP contribution < -0.4 is 9.91 Å². The summed E-state index contributed by atoms with van der Waals surface area (Å²) in [4.78, 5) is 15.2. The quantitative estimate of drug-likeness (QED) is 0.700. The lowest BCUT2D eigenvalue weighted by Gasteiger charge is -2.23. The molecular weight excluding hydrogens is 346 g/mol. The lowest BCUT2D eigenvalue weighted by molar-refractivity contribution is -0.114. The standard InChI is InChI=1S/C24H25N3O/c1-16-10-12-18(13-11-16)27-23(28)19(17(2)25-27)14-15-22-24(3,4)20-8-6-7-9-21(20)26(22)5/h6-15H,1-5H3/b19-14+,22-15-. The summed E-state index contributed by atoms with van der Waals surface area (Å²) in [5, 5.41) is 5.96. The Hall–Kier alpha value is -3.14. The van der Waals surface area contributed by atoms with Gasteiger partial charge in [-0.05, 0) is 49.8 Å². The molecule has 4 nitrogen and oxygen atoms in total. The van der Waals surface area contributed by atoms with Crippen LogP contribution in [0.4, 0.5) is 11.4 Å². The fourth-order valence-electron chi connectivity index (χ4n) is 4.04. The maximum absolute atomic E-state index is 13.0. The van der Waals surface area contributed by atoms with Crippen LogP contribution in [0.25, 0.3) is 0 Å². The van der Waals surface area contributed by atoms with E-state index < -0.39 is 0 Å². The second kappa shape index (κ2) is 6.48. The van der Waals surface area contributed by atoms with Gasteiger partial charge in [0.05, 0.1) is 17.0 Å². The number of benzene rings is 2. The number of anilines is 2. The zero-order chi connectivity index (χ0) is 20.1. The van der Waals surface area contributed by atoms with Crippen LogP contribution in [0, 0.1) is 6.92 Å². The normalized spacial score (nSPS) is 20.9. The van der Waals surface area contributed by atoms with Gasteiger partial charge in [-0.3, -0.25) is 4.79 Å². The summed E-state index contributed by atoms with van der Waals surface area (Å²) in [7, 11) is 2.08. The Kier molecular flexibility index (Phi) is 4.22. The number of carbonyl (C=O) groups is 1. The van der Waals surface area contributed by atoms with Crippen LogP contribution in [0.15, 0.2) is 77.1 Å². The summed E-state index contributed by atoms with van der Waals surface area (Å²) in [5.41, 5.74) is 6.86. The number of carbonyl (C=O) groups excluding carboxylic acids is 1. The molecule has 0 N–H and O–H groups in total. The van der Waals surface area contributed by atoms with E-state index in [-0.39, 0.29) is 11.3 Å². The van der Waals surface area contributed by atoms with Crippen LogP contribution in [0.1, 0.15) is 31.9 Å². The van der Waals surface area contributed by atoms with Crippen molar-refractivity contribution in [3.8, 4) is 0 Å². The molecule has 0 atom stereocenters. The van der Waals surface area contributed by atoms with Crippen LogP contribution >= 0.6 is 0 Å². The van der Waals surface area contributed by atoms with Gasteiger partial charge >= 0.3 is 0 Å². The topological polar surface area (TPSA) is 35.9 Å². The van der Waals surface area contributed by atoms with E-state index in [0.717, 1.165) is 22.7 Å². The first-order valence-electron chi connectivity index (χ1n) is 9.53. The summed E-state index contributed by atoms with van der Waals surface area (Å²) < 4.78 is 0. The largest absolute Gasteiger partial charge is 0.347 e. The highest BCUT2D eigenvalue weighted by Crippen LogP contribution is 2.46. The number of amides is 1. The van der Waals surface area contributed by atoms with Gasteiger partial charge in [0.15, 0.2) is 0 Å². The van der Waals surface area contributed by atoms with E-state index in [1.165, 1.54) is 16.3 Å². The van der Waals surface area contributed by atoms with Gasteiger partial charge < -0.3 is 4.90 Å². The van der Waals surface area contributed by atoms with Gasteiger partial charge in [-0.1, -0.05) is 49.7 Å². The number of rotatable bonds is 2. The molecule has 0 fully saturated rings. The first-order chi connectivity index (χ1) is 13.3. The van der Waals surface area contributed by atoms with E-state index in [9.17, 15) is 4.79 Å². The number of hydrogen-bond donors (Lipinski definition) is 0. The molecule has 1 amide bonds. The predicted octanol–water partition coefficient (Wildman–Crippen LogP) is 4.96. The molecule has 142 valence electrons. The molecule has 2 aliphatic heterocycles. The Morgan fingerprint density at radius 3 is 2.32 bits per heavy atom. The van der Waals surface area contributed by atoms with Crippen LogP contribution in [0.2, 0.25) is 0 Å². The predicted molar refractivity (Wildman–Crippen MR) is 116 cm³/mol. The van der Waals surface area contributed by atoms with Crippen LogP contribution in [0.3, 0.4) is 0 Å². The Morgan fingerprint density at radius 1 is 0.964 bits per heavy atom. The van der Waals surface area contributed by atoms with Gasteiger partial charge in [0.1, 0.15) is 0 Å². The Bertz CT molecular complexity index is 1040. The van der Waals surface area contributed by atoms with Crippen molar-refractivity contribution in [3.05, 3.63) is 83.1 Å². The minimum Gasteiger partial charge on any atom is -0.347 e. The average molecular weight is 371 g/mol. The van der Waals surface area contributed by atoms with Crippen molar-refractivity contribution < 1.29 is 4.79 Å². The van der Waals surface area contributed by atoms with Gasteiger partial charge in [0, 0.05) is 23.8 Å². The summed E-state index contributed by atoms with van der Waals surface area (Å²) in [6.45, 7) is 8.35. The second-order valence-electron chi connectivity index (χ2n) is 7.97. The average Bonchev–Trinajstić information content (AvgIpc) is 3.06. The van der Waals surface area contributed by atoms with Crippen molar-refractivity contribution in [2.24, 2.45) is 5.10 Å². The number of hydrazone groups is 1. The maximum atomic E-state index is 13.0. The van der Waals surface area contributed by atoms with Gasteiger partial charge in [0.25, 0.3) is 5.91 Å². The van der Waals surface area contributed by atoms with Gasteiger partial charge in [-0.25, -0.2) is 0 Å². The lowest BCUT2D eigenvalue weighted by Crippen LogP contribution is -2.23. The summed E-state index contributed by atoms with van der Waals surface area (Å²) in [6.07, 6.45) is 3.97. The molecule has 0 saturated carbocycles. The summed E-state index contributed by atoms with van der Waals surface area (Å²) >= 11 is 0. The van der Waals surface area contributed by atoms with Crippen molar-refractivity contribution in [3.63, 3.8) is 0 Å². The number of allylic oxidation sites excluding steroid dienone is 3. The molecule has 4 rings (SSSR count). The van der Waals surface area contributed by atoms with E-state index in [4.69, 9.17) is 0 Å². The third kappa shape index (κ3) is 2.76. The molecule has 28 heavy (non-hydrogen) atoms. The number of aryl methyl sites for hydroxylation is 1. The van der Waals surface area contributed by atoms with Crippen molar-refractivity contribution >= 4 is 23.0 Å². The molecule has 0 radical (unpaired) electrons. The van der Waals surface area contributed by atoms with Crippen LogP contribution in [-0.4, -0.2) is 18.7 Å². The third-order valence-electron chi connectivity index (χ3n) is 5.69. The van der Waals surface area contributed by atoms with Crippen molar-refractivity contribution in [1.29, 1.82) is 0 Å². The smallest absolute Gasteiger partial charge is 0.280 e. The zero-order valence-corrected chi connectivity index (χ0v) is 17.0. The number of nitrogens with zero attached hydrogens (tertiary/aromatic N) is 3. The fraction of sp³-hybridized carbons (Fsp3) is 0.250.